The van der Waals surface area contributed by atoms with Crippen LogP contribution in [0.4, 0.5) is 13.2 Å². The van der Waals surface area contributed by atoms with Crippen LogP contribution in [0.5, 0.6) is 0 Å². The first-order valence-electron chi connectivity index (χ1n) is 6.83. The molecule has 0 fully saturated rings. The normalized spacial score (nSPS) is 11.6. The van der Waals surface area contributed by atoms with Gasteiger partial charge in [-0.3, -0.25) is 4.98 Å². The van der Waals surface area contributed by atoms with Crippen LogP contribution in [-0.2, 0) is 12.7 Å². The largest absolute Gasteiger partial charge is 0.417 e. The highest BCUT2D eigenvalue weighted by Gasteiger charge is 2.33. The van der Waals surface area contributed by atoms with Crippen LogP contribution in [0.2, 0.25) is 0 Å². The van der Waals surface area contributed by atoms with E-state index in [9.17, 15) is 13.2 Å². The van der Waals surface area contributed by atoms with E-state index in [1.54, 1.807) is 18.2 Å². The van der Waals surface area contributed by atoms with Crippen molar-refractivity contribution >= 4 is 0 Å². The number of alkyl halides is 3. The maximum atomic E-state index is 13.0. The summed E-state index contributed by atoms with van der Waals surface area (Å²) in [4.78, 5) is 3.82. The Morgan fingerprint density at radius 3 is 2.71 bits per heavy atom. The number of hydrogen-bond acceptors (Lipinski definition) is 2. The lowest BCUT2D eigenvalue weighted by atomic mass is 10.00. The van der Waals surface area contributed by atoms with Crippen molar-refractivity contribution in [3.05, 3.63) is 53.9 Å². The fourth-order valence-corrected chi connectivity index (χ4v) is 2.13. The number of benzene rings is 1. The SMILES string of the molecule is CCCNCc1cccc(-c2cnccc2C(F)(F)F)c1. The Kier molecular flexibility index (Phi) is 4.96. The molecule has 0 bridgehead atoms. The van der Waals surface area contributed by atoms with Crippen molar-refractivity contribution in [1.82, 2.24) is 10.3 Å². The second-order valence-corrected chi connectivity index (χ2v) is 4.80. The summed E-state index contributed by atoms with van der Waals surface area (Å²) in [5.41, 5.74) is 0.947. The molecule has 21 heavy (non-hydrogen) atoms. The Morgan fingerprint density at radius 2 is 2.00 bits per heavy atom. The molecule has 0 amide bonds. The third-order valence-electron chi connectivity index (χ3n) is 3.12. The molecular weight excluding hydrogens is 277 g/mol. The maximum Gasteiger partial charge on any atom is 0.417 e. The highest BCUT2D eigenvalue weighted by Crippen LogP contribution is 2.36. The van der Waals surface area contributed by atoms with Crippen molar-refractivity contribution in [2.75, 3.05) is 6.54 Å². The lowest BCUT2D eigenvalue weighted by Gasteiger charge is -2.13. The third kappa shape index (κ3) is 4.04. The number of rotatable bonds is 5. The van der Waals surface area contributed by atoms with Crippen molar-refractivity contribution in [3.63, 3.8) is 0 Å². The Balaban J connectivity index is 2.32. The zero-order valence-electron chi connectivity index (χ0n) is 11.7. The first-order chi connectivity index (χ1) is 10.0. The summed E-state index contributed by atoms with van der Waals surface area (Å²) in [5.74, 6) is 0. The van der Waals surface area contributed by atoms with Gasteiger partial charge in [-0.05, 0) is 36.2 Å². The molecule has 0 radical (unpaired) electrons. The summed E-state index contributed by atoms with van der Waals surface area (Å²) < 4.78 is 39.1. The van der Waals surface area contributed by atoms with Crippen LogP contribution < -0.4 is 5.32 Å². The van der Waals surface area contributed by atoms with Gasteiger partial charge in [-0.15, -0.1) is 0 Å². The van der Waals surface area contributed by atoms with Crippen LogP contribution >= 0.6 is 0 Å². The van der Waals surface area contributed by atoms with Crippen LogP contribution in [0.25, 0.3) is 11.1 Å². The third-order valence-corrected chi connectivity index (χ3v) is 3.12. The van der Waals surface area contributed by atoms with Crippen molar-refractivity contribution in [2.24, 2.45) is 0 Å². The average Bonchev–Trinajstić information content (AvgIpc) is 2.47. The molecule has 1 aromatic carbocycles. The van der Waals surface area contributed by atoms with Gasteiger partial charge in [0.1, 0.15) is 0 Å². The van der Waals surface area contributed by atoms with Crippen LogP contribution in [0, 0.1) is 0 Å². The summed E-state index contributed by atoms with van der Waals surface area (Å²) in [7, 11) is 0. The summed E-state index contributed by atoms with van der Waals surface area (Å²) in [5, 5.41) is 3.24. The van der Waals surface area contributed by atoms with Gasteiger partial charge in [0.15, 0.2) is 0 Å². The van der Waals surface area contributed by atoms with Gasteiger partial charge in [-0.2, -0.15) is 13.2 Å². The minimum Gasteiger partial charge on any atom is -0.313 e. The van der Waals surface area contributed by atoms with E-state index in [4.69, 9.17) is 0 Å². The maximum absolute atomic E-state index is 13.0. The Bertz CT molecular complexity index is 594. The Morgan fingerprint density at radius 1 is 1.19 bits per heavy atom. The highest BCUT2D eigenvalue weighted by atomic mass is 19.4. The lowest BCUT2D eigenvalue weighted by molar-refractivity contribution is -0.137. The molecule has 2 aromatic rings. The molecule has 0 unspecified atom stereocenters. The van der Waals surface area contributed by atoms with E-state index in [2.05, 4.69) is 17.2 Å². The van der Waals surface area contributed by atoms with E-state index in [0.717, 1.165) is 24.6 Å². The Hall–Kier alpha value is -1.88. The van der Waals surface area contributed by atoms with Crippen LogP contribution in [0.15, 0.2) is 42.7 Å². The van der Waals surface area contributed by atoms with E-state index in [1.807, 2.05) is 6.07 Å². The monoisotopic (exact) mass is 294 g/mol. The predicted octanol–water partition coefficient (Wildman–Crippen LogP) is 4.27. The summed E-state index contributed by atoms with van der Waals surface area (Å²) in [6.07, 6.45) is -0.935. The predicted molar refractivity (Wildman–Crippen MR) is 76.7 cm³/mol. The van der Waals surface area contributed by atoms with E-state index >= 15 is 0 Å². The van der Waals surface area contributed by atoms with Crippen molar-refractivity contribution in [1.29, 1.82) is 0 Å². The molecule has 5 heteroatoms. The molecule has 112 valence electrons. The highest BCUT2D eigenvalue weighted by molar-refractivity contribution is 5.67. The molecule has 0 atom stereocenters. The minimum absolute atomic E-state index is 0.113. The van der Waals surface area contributed by atoms with Crippen LogP contribution in [-0.4, -0.2) is 11.5 Å². The molecule has 0 saturated heterocycles. The molecule has 0 spiro atoms. The first kappa shape index (κ1) is 15.5. The van der Waals surface area contributed by atoms with Crippen LogP contribution in [0.1, 0.15) is 24.5 Å². The number of nitrogens with one attached hydrogen (secondary N) is 1. The molecule has 2 rings (SSSR count). The zero-order chi connectivity index (χ0) is 15.3. The fourth-order valence-electron chi connectivity index (χ4n) is 2.13. The van der Waals surface area contributed by atoms with Crippen molar-refractivity contribution < 1.29 is 13.2 Å². The quantitative estimate of drug-likeness (QED) is 0.833. The summed E-state index contributed by atoms with van der Waals surface area (Å²) >= 11 is 0. The van der Waals surface area contributed by atoms with E-state index in [0.29, 0.717) is 12.1 Å². The fraction of sp³-hybridized carbons (Fsp3) is 0.312. The molecule has 2 nitrogen and oxygen atoms in total. The molecule has 0 aliphatic heterocycles. The van der Waals surface area contributed by atoms with E-state index < -0.39 is 11.7 Å². The molecule has 1 heterocycles. The molecule has 0 aliphatic rings. The number of hydrogen-bond donors (Lipinski definition) is 1. The van der Waals surface area contributed by atoms with Gasteiger partial charge in [0.05, 0.1) is 5.56 Å². The Labute approximate surface area is 122 Å². The zero-order valence-corrected chi connectivity index (χ0v) is 11.7. The lowest BCUT2D eigenvalue weighted by Crippen LogP contribution is -2.13. The second-order valence-electron chi connectivity index (χ2n) is 4.80. The number of pyridine rings is 1. The van der Waals surface area contributed by atoms with Crippen molar-refractivity contribution in [3.8, 4) is 11.1 Å². The van der Waals surface area contributed by atoms with Gasteiger partial charge in [0, 0.05) is 24.5 Å². The van der Waals surface area contributed by atoms with Gasteiger partial charge in [-0.25, -0.2) is 0 Å². The molecule has 1 N–H and O–H groups in total. The van der Waals surface area contributed by atoms with E-state index in [1.165, 1.54) is 12.4 Å². The van der Waals surface area contributed by atoms with Gasteiger partial charge in [0.2, 0.25) is 0 Å². The number of halogens is 3. The van der Waals surface area contributed by atoms with Gasteiger partial charge >= 0.3 is 6.18 Å². The smallest absolute Gasteiger partial charge is 0.313 e. The molecule has 0 saturated carbocycles. The van der Waals surface area contributed by atoms with Gasteiger partial charge in [0.25, 0.3) is 0 Å². The average molecular weight is 294 g/mol. The molecule has 0 aliphatic carbocycles. The second kappa shape index (κ2) is 6.72. The summed E-state index contributed by atoms with van der Waals surface area (Å²) in [6, 6.07) is 8.13. The topological polar surface area (TPSA) is 24.9 Å². The molecule has 1 aromatic heterocycles. The van der Waals surface area contributed by atoms with Gasteiger partial charge < -0.3 is 5.32 Å². The minimum atomic E-state index is -4.38. The van der Waals surface area contributed by atoms with Crippen molar-refractivity contribution in [2.45, 2.75) is 26.1 Å². The summed E-state index contributed by atoms with van der Waals surface area (Å²) in [6.45, 7) is 3.59. The van der Waals surface area contributed by atoms with Gasteiger partial charge in [-0.1, -0.05) is 25.1 Å². The number of aromatic nitrogens is 1. The van der Waals surface area contributed by atoms with E-state index in [-0.39, 0.29) is 5.56 Å². The van der Waals surface area contributed by atoms with Crippen LogP contribution in [0.3, 0.4) is 0 Å². The molecular formula is C16H17F3N2. The first-order valence-corrected chi connectivity index (χ1v) is 6.83. The standard InChI is InChI=1S/C16H17F3N2/c1-2-7-20-10-12-4-3-5-13(9-12)14-11-21-8-6-15(14)16(17,18)19/h3-6,8-9,11,20H,2,7,10H2,1H3. The number of nitrogens with zero attached hydrogens (tertiary/aromatic N) is 1.